The highest BCUT2D eigenvalue weighted by molar-refractivity contribution is 6.07. The van der Waals surface area contributed by atoms with Crippen LogP contribution in [0.15, 0.2) is 42.1 Å². The van der Waals surface area contributed by atoms with Gasteiger partial charge in [0.1, 0.15) is 30.7 Å². The molecule has 1 atom stereocenters. The average molecular weight is 491 g/mol. The Balaban J connectivity index is 2.17. The summed E-state index contributed by atoms with van der Waals surface area (Å²) < 4.78 is 20.3. The van der Waals surface area contributed by atoms with Crippen LogP contribution in [0.25, 0.3) is 0 Å². The molecular weight excluding hydrogens is 456 g/mol. The van der Waals surface area contributed by atoms with Gasteiger partial charge in [0.2, 0.25) is 6.61 Å². The van der Waals surface area contributed by atoms with Gasteiger partial charge in [-0.3, -0.25) is 9.69 Å². The third-order valence-corrected chi connectivity index (χ3v) is 5.57. The Hall–Kier alpha value is -3.40. The zero-order chi connectivity index (χ0) is 25.8. The molecule has 1 aliphatic heterocycles. The molecular formula is C25H34N2O8. The average Bonchev–Trinajstić information content (AvgIpc) is 3.36. The quantitative estimate of drug-likeness (QED) is 0.103. The van der Waals surface area contributed by atoms with Crippen molar-refractivity contribution in [1.29, 1.82) is 0 Å². The summed E-state index contributed by atoms with van der Waals surface area (Å²) in [6, 6.07) is 6.87. The molecule has 0 aliphatic carbocycles. The molecule has 1 aliphatic rings. The van der Waals surface area contributed by atoms with Crippen molar-refractivity contribution < 1.29 is 38.2 Å². The highest BCUT2D eigenvalue weighted by Crippen LogP contribution is 2.31. The van der Waals surface area contributed by atoms with Gasteiger partial charge in [0, 0.05) is 11.6 Å². The number of esters is 3. The second-order valence-electron chi connectivity index (χ2n) is 8.20. The minimum absolute atomic E-state index is 0.0891. The van der Waals surface area contributed by atoms with Gasteiger partial charge in [0.25, 0.3) is 0 Å². The first kappa shape index (κ1) is 27.8. The van der Waals surface area contributed by atoms with Crippen LogP contribution in [0, 0.1) is 0 Å². The molecule has 10 nitrogen and oxygen atoms in total. The molecule has 0 bridgehead atoms. The van der Waals surface area contributed by atoms with Gasteiger partial charge in [-0.2, -0.15) is 0 Å². The van der Waals surface area contributed by atoms with Crippen molar-refractivity contribution in [2.24, 2.45) is 5.16 Å². The van der Waals surface area contributed by atoms with Gasteiger partial charge in [0.15, 0.2) is 0 Å². The maximum Gasteiger partial charge on any atom is 0.347 e. The first-order valence-corrected chi connectivity index (χ1v) is 11.5. The third-order valence-electron chi connectivity index (χ3n) is 5.57. The Morgan fingerprint density at radius 3 is 2.46 bits per heavy atom. The zero-order valence-corrected chi connectivity index (χ0v) is 20.8. The Morgan fingerprint density at radius 2 is 1.83 bits per heavy atom. The smallest absolute Gasteiger partial charge is 0.347 e. The lowest BCUT2D eigenvalue weighted by atomic mass is 9.89. The number of nitrogens with zero attached hydrogens (tertiary/aromatic N) is 2. The molecule has 10 heteroatoms. The van der Waals surface area contributed by atoms with E-state index in [1.165, 1.54) is 0 Å². The fraction of sp³-hybridized carbons (Fsp3) is 0.520. The summed E-state index contributed by atoms with van der Waals surface area (Å²) in [6.07, 6.45) is 2.54. The highest BCUT2D eigenvalue weighted by Gasteiger charge is 2.44. The van der Waals surface area contributed by atoms with Gasteiger partial charge < -0.3 is 23.8 Å². The maximum atomic E-state index is 12.6. The van der Waals surface area contributed by atoms with Crippen molar-refractivity contribution in [2.45, 2.75) is 45.2 Å². The first-order chi connectivity index (χ1) is 16.7. The monoisotopic (exact) mass is 490 g/mol. The number of hydrogen-bond acceptors (Lipinski definition) is 10. The summed E-state index contributed by atoms with van der Waals surface area (Å²) in [4.78, 5) is 43.0. The lowest BCUT2D eigenvalue weighted by Gasteiger charge is -2.39. The molecule has 1 aromatic rings. The van der Waals surface area contributed by atoms with Crippen LogP contribution in [-0.4, -0.2) is 80.2 Å². The van der Waals surface area contributed by atoms with Crippen molar-refractivity contribution in [3.63, 3.8) is 0 Å². The number of rotatable bonds is 13. The van der Waals surface area contributed by atoms with Gasteiger partial charge in [0.05, 0.1) is 19.3 Å². The van der Waals surface area contributed by atoms with Crippen molar-refractivity contribution in [3.8, 4) is 5.75 Å². The fourth-order valence-electron chi connectivity index (χ4n) is 3.87. The van der Waals surface area contributed by atoms with E-state index in [9.17, 15) is 14.4 Å². The number of carbonyl (C=O) groups excluding carboxylic acids is 3. The van der Waals surface area contributed by atoms with Crippen LogP contribution < -0.4 is 4.74 Å². The van der Waals surface area contributed by atoms with Crippen molar-refractivity contribution in [1.82, 2.24) is 4.90 Å². The molecule has 0 N–H and O–H groups in total. The van der Waals surface area contributed by atoms with Crippen LogP contribution in [-0.2, 0) is 33.4 Å². The van der Waals surface area contributed by atoms with Crippen LogP contribution in [0.2, 0.25) is 0 Å². The molecule has 0 aromatic heterocycles. The summed E-state index contributed by atoms with van der Waals surface area (Å²) in [5.74, 6) is -0.857. The van der Waals surface area contributed by atoms with Gasteiger partial charge in [-0.05, 0) is 64.4 Å². The van der Waals surface area contributed by atoms with Crippen molar-refractivity contribution in [2.75, 3.05) is 40.1 Å². The van der Waals surface area contributed by atoms with Crippen LogP contribution in [0.4, 0.5) is 0 Å². The molecule has 1 fully saturated rings. The molecule has 192 valence electrons. The number of methoxy groups -OCH3 is 1. The fourth-order valence-corrected chi connectivity index (χ4v) is 3.87. The van der Waals surface area contributed by atoms with E-state index in [1.54, 1.807) is 26.2 Å². The zero-order valence-electron chi connectivity index (χ0n) is 20.8. The molecule has 1 unspecified atom stereocenters. The number of oxime groups is 1. The van der Waals surface area contributed by atoms with E-state index in [1.807, 2.05) is 30.9 Å². The van der Waals surface area contributed by atoms with E-state index in [0.717, 1.165) is 18.1 Å². The topological polar surface area (TPSA) is 113 Å². The second kappa shape index (κ2) is 13.5. The minimum Gasteiger partial charge on any atom is -0.497 e. The first-order valence-electron chi connectivity index (χ1n) is 11.5. The van der Waals surface area contributed by atoms with Crippen LogP contribution in [0.1, 0.15) is 39.2 Å². The molecule has 0 radical (unpaired) electrons. The van der Waals surface area contributed by atoms with E-state index in [4.69, 9.17) is 23.8 Å². The normalized spacial score (nSPS) is 16.3. The van der Waals surface area contributed by atoms with E-state index in [-0.39, 0.29) is 19.2 Å². The minimum atomic E-state index is -0.731. The Labute approximate surface area is 205 Å². The predicted octanol–water partition coefficient (Wildman–Crippen LogP) is 2.49. The van der Waals surface area contributed by atoms with Gasteiger partial charge in [-0.25, -0.2) is 9.59 Å². The van der Waals surface area contributed by atoms with E-state index < -0.39 is 30.1 Å². The Bertz CT molecular complexity index is 911. The summed E-state index contributed by atoms with van der Waals surface area (Å²) in [5.41, 5.74) is 0.546. The van der Waals surface area contributed by atoms with Crippen molar-refractivity contribution >= 4 is 23.6 Å². The summed E-state index contributed by atoms with van der Waals surface area (Å²) >= 11 is 0. The van der Waals surface area contributed by atoms with E-state index in [2.05, 4.69) is 11.7 Å². The summed E-state index contributed by atoms with van der Waals surface area (Å²) in [6.45, 7) is 9.30. The lowest BCUT2D eigenvalue weighted by Crippen LogP contribution is -2.55. The molecule has 0 saturated carbocycles. The largest absolute Gasteiger partial charge is 0.497 e. The molecule has 2 rings (SSSR count). The van der Waals surface area contributed by atoms with E-state index >= 15 is 0 Å². The van der Waals surface area contributed by atoms with Gasteiger partial charge in [-0.1, -0.05) is 11.7 Å². The Morgan fingerprint density at radius 1 is 1.14 bits per heavy atom. The standard InChI is InChI=1S/C25H34N2O8/c1-6-21(28)33-15-16-34-22(29)17-35-26-23(18-10-12-19(31-5)13-11-18)25(3,4)27-14-8-9-20(27)24(30)32-7-2/h6,10-13,20H,1,7-9,14-17H2,2-5H3/b26-23+. The lowest BCUT2D eigenvalue weighted by molar-refractivity contribution is -0.153. The molecule has 1 aromatic carbocycles. The van der Waals surface area contributed by atoms with Crippen molar-refractivity contribution in [3.05, 3.63) is 42.5 Å². The molecule has 1 saturated heterocycles. The summed E-state index contributed by atoms with van der Waals surface area (Å²) in [7, 11) is 1.58. The number of hydrogen-bond donors (Lipinski definition) is 0. The van der Waals surface area contributed by atoms with Crippen LogP contribution in [0.3, 0.4) is 0 Å². The number of carbonyl (C=O) groups is 3. The molecule has 0 amide bonds. The molecule has 35 heavy (non-hydrogen) atoms. The number of benzene rings is 1. The predicted molar refractivity (Wildman–Crippen MR) is 128 cm³/mol. The van der Waals surface area contributed by atoms with Gasteiger partial charge >= 0.3 is 17.9 Å². The third kappa shape index (κ3) is 7.81. The summed E-state index contributed by atoms with van der Waals surface area (Å²) in [5, 5.41) is 4.30. The van der Waals surface area contributed by atoms with Gasteiger partial charge in [-0.15, -0.1) is 0 Å². The SMILES string of the molecule is C=CC(=O)OCCOC(=O)CO/N=C(\c1ccc(OC)cc1)C(C)(C)N1CCCC1C(=O)OCC. The highest BCUT2D eigenvalue weighted by atomic mass is 16.7. The molecule has 1 heterocycles. The second-order valence-corrected chi connectivity index (χ2v) is 8.20. The van der Waals surface area contributed by atoms with Crippen LogP contribution in [0.5, 0.6) is 5.75 Å². The van der Waals surface area contributed by atoms with Crippen LogP contribution >= 0.6 is 0 Å². The van der Waals surface area contributed by atoms with E-state index in [0.29, 0.717) is 31.0 Å². The Kier molecular flexibility index (Phi) is 10.7. The number of ether oxygens (including phenoxy) is 4. The maximum absolute atomic E-state index is 12.6. The number of likely N-dealkylation sites (tertiary alicyclic amines) is 1. The molecule has 0 spiro atoms.